The number of amides is 3. The molecule has 0 unspecified atom stereocenters. The van der Waals surface area contributed by atoms with Gasteiger partial charge in [0.2, 0.25) is 0 Å². The summed E-state index contributed by atoms with van der Waals surface area (Å²) in [4.78, 5) is 53.8. The highest BCUT2D eigenvalue weighted by molar-refractivity contribution is 6.05. The van der Waals surface area contributed by atoms with Crippen molar-refractivity contribution in [2.75, 3.05) is 33.9 Å². The molecular weight excluding hydrogens is 554 g/mol. The molecule has 11 nitrogen and oxygen atoms in total. The van der Waals surface area contributed by atoms with E-state index in [0.717, 1.165) is 11.1 Å². The summed E-state index contributed by atoms with van der Waals surface area (Å²) in [6, 6.07) is 14.6. The minimum atomic E-state index is -0.599. The molecule has 0 saturated carbocycles. The van der Waals surface area contributed by atoms with Gasteiger partial charge in [0.1, 0.15) is 29.1 Å². The monoisotopic (exact) mass is 585 g/mol. The minimum Gasteiger partial charge on any atom is -0.497 e. The third kappa shape index (κ3) is 5.70. The summed E-state index contributed by atoms with van der Waals surface area (Å²) in [6.07, 6.45) is 0.313. The Bertz CT molecular complexity index is 1620. The van der Waals surface area contributed by atoms with Crippen LogP contribution in [0, 0.1) is 0 Å². The van der Waals surface area contributed by atoms with Crippen LogP contribution in [0.3, 0.4) is 0 Å². The van der Waals surface area contributed by atoms with Gasteiger partial charge in [0.05, 0.1) is 26.8 Å². The largest absolute Gasteiger partial charge is 0.497 e. The zero-order valence-electron chi connectivity index (χ0n) is 23.8. The van der Waals surface area contributed by atoms with Gasteiger partial charge in [-0.25, -0.2) is 0 Å². The van der Waals surface area contributed by atoms with E-state index in [1.807, 2.05) is 0 Å². The van der Waals surface area contributed by atoms with Crippen LogP contribution in [0.25, 0.3) is 0 Å². The molecule has 3 amide bonds. The Kier molecular flexibility index (Phi) is 7.62. The summed E-state index contributed by atoms with van der Waals surface area (Å²) < 4.78 is 23.0. The van der Waals surface area contributed by atoms with Gasteiger partial charge in [-0.2, -0.15) is 0 Å². The molecule has 7 rings (SSSR count). The van der Waals surface area contributed by atoms with Crippen LogP contribution in [0.1, 0.15) is 48.6 Å². The number of methoxy groups -OCH3 is 2. The second-order valence-electron chi connectivity index (χ2n) is 10.6. The molecule has 3 aromatic rings. The van der Waals surface area contributed by atoms with Gasteiger partial charge in [0, 0.05) is 53.9 Å². The Labute approximate surface area is 248 Å². The molecule has 4 bridgehead atoms. The highest BCUT2D eigenvalue weighted by atomic mass is 16.5. The van der Waals surface area contributed by atoms with Crippen LogP contribution in [0.15, 0.2) is 54.6 Å². The van der Waals surface area contributed by atoms with Crippen molar-refractivity contribution >= 4 is 23.5 Å². The number of fused-ring (bicyclic) bond motifs is 8. The minimum absolute atomic E-state index is 0.0377. The third-order valence-electron chi connectivity index (χ3n) is 7.95. The molecule has 4 aliphatic rings. The Morgan fingerprint density at radius 1 is 0.953 bits per heavy atom. The van der Waals surface area contributed by atoms with Gasteiger partial charge < -0.3 is 34.5 Å². The van der Waals surface area contributed by atoms with Crippen molar-refractivity contribution in [3.05, 3.63) is 82.4 Å². The average molecular weight is 586 g/mol. The van der Waals surface area contributed by atoms with Gasteiger partial charge in [0.25, 0.3) is 17.7 Å². The second kappa shape index (κ2) is 11.7. The number of ketones is 1. The molecule has 0 aromatic heterocycles. The maximum Gasteiger partial charge on any atom is 0.258 e. The summed E-state index contributed by atoms with van der Waals surface area (Å²) in [5, 5.41) is 5.83. The van der Waals surface area contributed by atoms with Crippen LogP contribution >= 0.6 is 0 Å². The van der Waals surface area contributed by atoms with Gasteiger partial charge >= 0.3 is 0 Å². The van der Waals surface area contributed by atoms with E-state index in [1.165, 1.54) is 20.3 Å². The van der Waals surface area contributed by atoms with Gasteiger partial charge in [-0.1, -0.05) is 12.1 Å². The number of hydrogen-bond acceptors (Lipinski definition) is 8. The molecule has 3 aliphatic heterocycles. The van der Waals surface area contributed by atoms with Crippen LogP contribution in [0.4, 0.5) is 0 Å². The Morgan fingerprint density at radius 2 is 1.81 bits per heavy atom. The first-order valence-corrected chi connectivity index (χ1v) is 14.0. The fourth-order valence-electron chi connectivity index (χ4n) is 5.73. The number of Topliss-reactive ketones (excluding diaryl/α,β-unsaturated/α-hetero) is 1. The number of nitrogens with zero attached hydrogens (tertiary/aromatic N) is 1. The number of hydrogen-bond donors (Lipinski definition) is 2. The van der Waals surface area contributed by atoms with E-state index >= 15 is 0 Å². The first-order chi connectivity index (χ1) is 20.8. The number of benzene rings is 3. The molecule has 1 saturated heterocycles. The molecule has 3 heterocycles. The predicted molar refractivity (Wildman–Crippen MR) is 154 cm³/mol. The van der Waals surface area contributed by atoms with Crippen LogP contribution in [-0.4, -0.2) is 74.5 Å². The highest BCUT2D eigenvalue weighted by Gasteiger charge is 2.39. The number of rotatable bonds is 3. The molecule has 11 heteroatoms. The average Bonchev–Trinajstić information content (AvgIpc) is 3.60. The summed E-state index contributed by atoms with van der Waals surface area (Å²) in [7, 11) is 3.00. The quantitative estimate of drug-likeness (QED) is 0.480. The van der Waals surface area contributed by atoms with Crippen molar-refractivity contribution in [3.8, 4) is 23.0 Å². The van der Waals surface area contributed by atoms with E-state index in [4.69, 9.17) is 18.9 Å². The molecule has 0 spiro atoms. The zero-order valence-corrected chi connectivity index (χ0v) is 23.8. The Morgan fingerprint density at radius 3 is 2.63 bits per heavy atom. The highest BCUT2D eigenvalue weighted by Crippen LogP contribution is 2.30. The topological polar surface area (TPSA) is 132 Å². The van der Waals surface area contributed by atoms with E-state index in [2.05, 4.69) is 10.6 Å². The summed E-state index contributed by atoms with van der Waals surface area (Å²) in [5.41, 5.74) is 2.84. The Balaban J connectivity index is 1.34. The number of ether oxygens (including phenoxy) is 4. The smallest absolute Gasteiger partial charge is 0.258 e. The maximum atomic E-state index is 13.8. The SMILES string of the molecule is COc1cc2cc(c1)C(=O)N[C@H]1CN(C(=O)c3cccc4c3CCC4=O)C[C@@H]1Oc1ccc(c(OC)c1)CNC(=O)CO2. The summed E-state index contributed by atoms with van der Waals surface area (Å²) in [5.74, 6) is 0.692. The molecule has 2 atom stereocenters. The number of carbonyl (C=O) groups excluding carboxylic acids is 4. The molecule has 43 heavy (non-hydrogen) atoms. The van der Waals surface area contributed by atoms with Crippen molar-refractivity contribution in [2.24, 2.45) is 0 Å². The molecule has 2 N–H and O–H groups in total. The fourth-order valence-corrected chi connectivity index (χ4v) is 5.73. The van der Waals surface area contributed by atoms with Crippen LogP contribution in [-0.2, 0) is 17.8 Å². The lowest BCUT2D eigenvalue weighted by Gasteiger charge is -2.22. The lowest BCUT2D eigenvalue weighted by molar-refractivity contribution is -0.123. The van der Waals surface area contributed by atoms with E-state index in [0.29, 0.717) is 41.2 Å². The van der Waals surface area contributed by atoms with Gasteiger partial charge in [-0.05, 0) is 42.3 Å². The molecule has 3 aromatic carbocycles. The van der Waals surface area contributed by atoms with E-state index in [-0.39, 0.29) is 55.2 Å². The van der Waals surface area contributed by atoms with Gasteiger partial charge in [-0.3, -0.25) is 19.2 Å². The van der Waals surface area contributed by atoms with Crippen molar-refractivity contribution < 1.29 is 38.1 Å². The van der Waals surface area contributed by atoms with Crippen molar-refractivity contribution in [3.63, 3.8) is 0 Å². The first-order valence-electron chi connectivity index (χ1n) is 14.0. The normalized spacial score (nSPS) is 19.8. The van der Waals surface area contributed by atoms with Crippen molar-refractivity contribution in [1.82, 2.24) is 15.5 Å². The van der Waals surface area contributed by atoms with E-state index < -0.39 is 18.1 Å². The number of likely N-dealkylation sites (tertiary alicyclic amines) is 1. The van der Waals surface area contributed by atoms with E-state index in [1.54, 1.807) is 53.4 Å². The standard InChI is InChI=1S/C32H31N3O8/c1-40-21-10-19-11-22(12-21)42-17-30(37)33-14-18-6-7-20(13-28(18)41-2)43-29-16-35(15-26(29)34-31(19)38)32(39)25-5-3-4-24-23(25)8-9-27(24)36/h3-7,10-13,26,29H,8-9,14-17H2,1-2H3,(H,33,37)(H,34,38)/t26-,29-/m0/s1. The Hall–Kier alpha value is -5.06. The van der Waals surface area contributed by atoms with Gasteiger partial charge in [0.15, 0.2) is 12.4 Å². The molecular formula is C32H31N3O8. The predicted octanol–water partition coefficient (Wildman–Crippen LogP) is 2.54. The maximum absolute atomic E-state index is 13.8. The molecule has 1 aliphatic carbocycles. The summed E-state index contributed by atoms with van der Waals surface area (Å²) >= 11 is 0. The first kappa shape index (κ1) is 28.1. The molecule has 0 radical (unpaired) electrons. The van der Waals surface area contributed by atoms with Crippen LogP contribution in [0.5, 0.6) is 23.0 Å². The lowest BCUT2D eigenvalue weighted by Crippen LogP contribution is -2.45. The second-order valence-corrected chi connectivity index (χ2v) is 10.6. The van der Waals surface area contributed by atoms with Gasteiger partial charge in [-0.15, -0.1) is 0 Å². The van der Waals surface area contributed by atoms with Crippen molar-refractivity contribution in [2.45, 2.75) is 31.5 Å². The van der Waals surface area contributed by atoms with Crippen LogP contribution in [0.2, 0.25) is 0 Å². The van der Waals surface area contributed by atoms with Crippen molar-refractivity contribution in [1.29, 1.82) is 0 Å². The molecule has 222 valence electrons. The third-order valence-corrected chi connectivity index (χ3v) is 7.95. The number of carbonyl (C=O) groups is 4. The fraction of sp³-hybridized carbons (Fsp3) is 0.312. The molecule has 1 fully saturated rings. The van der Waals surface area contributed by atoms with E-state index in [9.17, 15) is 19.2 Å². The summed E-state index contributed by atoms with van der Waals surface area (Å²) in [6.45, 7) is 0.323. The number of nitrogens with one attached hydrogen (secondary N) is 2. The lowest BCUT2D eigenvalue weighted by atomic mass is 10.0. The van der Waals surface area contributed by atoms with Crippen LogP contribution < -0.4 is 29.6 Å². The zero-order chi connectivity index (χ0) is 30.1.